The van der Waals surface area contributed by atoms with Crippen LogP contribution in [0.3, 0.4) is 0 Å². The number of β-lactam (4-membered cyclic amide) rings is 1. The maximum atomic E-state index is 11.8. The van der Waals surface area contributed by atoms with Crippen LogP contribution in [0.2, 0.25) is 0 Å². The first-order chi connectivity index (χ1) is 8.16. The summed E-state index contributed by atoms with van der Waals surface area (Å²) >= 11 is 0. The Morgan fingerprint density at radius 1 is 1.41 bits per heavy atom. The highest BCUT2D eigenvalue weighted by Gasteiger charge is 2.53. The Labute approximate surface area is 98.6 Å². The second-order valence-corrected chi connectivity index (χ2v) is 3.70. The summed E-state index contributed by atoms with van der Waals surface area (Å²) < 4.78 is 5.14. The molecule has 0 bridgehead atoms. The fraction of sp³-hybridized carbons (Fsp3) is 0.333. The van der Waals surface area contributed by atoms with Gasteiger partial charge >= 0.3 is 5.97 Å². The highest BCUT2D eigenvalue weighted by atomic mass is 16.5. The molecule has 0 spiro atoms. The van der Waals surface area contributed by atoms with Crippen LogP contribution in [0.1, 0.15) is 6.92 Å². The average molecular weight is 235 g/mol. The van der Waals surface area contributed by atoms with Gasteiger partial charge in [0.15, 0.2) is 12.1 Å². The van der Waals surface area contributed by atoms with Crippen molar-refractivity contribution in [3.8, 4) is 0 Å². The number of carboxylic acids is 1. The molecule has 2 atom stereocenters. The molecule has 1 aliphatic rings. The predicted octanol–water partition coefficient (Wildman–Crippen LogP) is 0.891. The maximum Gasteiger partial charge on any atom is 0.330 e. The number of aliphatic carboxylic acids is 1. The molecule has 2 rings (SSSR count). The van der Waals surface area contributed by atoms with Gasteiger partial charge in [0.05, 0.1) is 0 Å². The number of amides is 1. The first-order valence-electron chi connectivity index (χ1n) is 5.39. The molecule has 1 saturated heterocycles. The maximum absolute atomic E-state index is 11.8. The van der Waals surface area contributed by atoms with E-state index < -0.39 is 18.1 Å². The predicted molar refractivity (Wildman–Crippen MR) is 60.8 cm³/mol. The third kappa shape index (κ3) is 1.89. The minimum atomic E-state index is -1.05. The van der Waals surface area contributed by atoms with Gasteiger partial charge in [-0.15, -0.1) is 0 Å². The van der Waals surface area contributed by atoms with Gasteiger partial charge in [-0.1, -0.05) is 18.2 Å². The molecule has 1 aromatic carbocycles. The quantitative estimate of drug-likeness (QED) is 0.787. The summed E-state index contributed by atoms with van der Waals surface area (Å²) in [6, 6.07) is 7.81. The molecule has 90 valence electrons. The van der Waals surface area contributed by atoms with Gasteiger partial charge in [-0.05, 0) is 19.1 Å². The minimum Gasteiger partial charge on any atom is -0.480 e. The van der Waals surface area contributed by atoms with Crippen LogP contribution in [0.5, 0.6) is 0 Å². The highest BCUT2D eigenvalue weighted by Crippen LogP contribution is 2.30. The van der Waals surface area contributed by atoms with Crippen LogP contribution in [-0.2, 0) is 14.3 Å². The lowest BCUT2D eigenvalue weighted by atomic mass is 9.96. The van der Waals surface area contributed by atoms with Gasteiger partial charge in [0.1, 0.15) is 0 Å². The Balaban J connectivity index is 2.24. The zero-order valence-electron chi connectivity index (χ0n) is 9.37. The molecule has 2 unspecified atom stereocenters. The van der Waals surface area contributed by atoms with Crippen LogP contribution in [0.4, 0.5) is 5.69 Å². The standard InChI is InChI=1S/C12H13NO4/c1-2-17-10-9(12(15)16)13(11(10)14)8-6-4-3-5-7-8/h3-7,9-10H,2H2,1H3,(H,15,16). The second kappa shape index (κ2) is 4.55. The SMILES string of the molecule is CCOC1C(=O)N(c2ccccc2)C1C(=O)O. The summed E-state index contributed by atoms with van der Waals surface area (Å²) in [6.45, 7) is 2.06. The van der Waals surface area contributed by atoms with E-state index in [1.807, 2.05) is 6.07 Å². The molecular formula is C12H13NO4. The number of rotatable bonds is 4. The molecule has 5 heteroatoms. The summed E-state index contributed by atoms with van der Waals surface area (Å²) in [6.07, 6.45) is -0.863. The highest BCUT2D eigenvalue weighted by molar-refractivity contribution is 6.12. The van der Waals surface area contributed by atoms with Gasteiger partial charge in [-0.3, -0.25) is 9.69 Å². The van der Waals surface area contributed by atoms with Crippen molar-refractivity contribution < 1.29 is 19.4 Å². The Morgan fingerprint density at radius 3 is 2.59 bits per heavy atom. The summed E-state index contributed by atoms with van der Waals surface area (Å²) in [5.41, 5.74) is 0.584. The molecule has 0 radical (unpaired) electrons. The lowest BCUT2D eigenvalue weighted by Gasteiger charge is -2.43. The van der Waals surface area contributed by atoms with Gasteiger partial charge in [-0.2, -0.15) is 0 Å². The van der Waals surface area contributed by atoms with Crippen LogP contribution < -0.4 is 4.90 Å². The smallest absolute Gasteiger partial charge is 0.330 e. The van der Waals surface area contributed by atoms with Crippen molar-refractivity contribution >= 4 is 17.6 Å². The monoisotopic (exact) mass is 235 g/mol. The van der Waals surface area contributed by atoms with Crippen LogP contribution in [0.25, 0.3) is 0 Å². The molecule has 1 aliphatic heterocycles. The van der Waals surface area contributed by atoms with Crippen molar-refractivity contribution in [2.45, 2.75) is 19.1 Å². The van der Waals surface area contributed by atoms with Crippen molar-refractivity contribution in [2.75, 3.05) is 11.5 Å². The van der Waals surface area contributed by atoms with Crippen LogP contribution in [0, 0.1) is 0 Å². The Bertz CT molecular complexity index is 431. The largest absolute Gasteiger partial charge is 0.480 e. The molecule has 1 amide bonds. The Hall–Kier alpha value is -1.88. The number of nitrogens with zero attached hydrogens (tertiary/aromatic N) is 1. The number of carbonyl (C=O) groups is 2. The number of carbonyl (C=O) groups excluding carboxylic acids is 1. The first-order valence-corrected chi connectivity index (χ1v) is 5.39. The van der Waals surface area contributed by atoms with Gasteiger partial charge in [0, 0.05) is 12.3 Å². The Morgan fingerprint density at radius 2 is 2.06 bits per heavy atom. The fourth-order valence-electron chi connectivity index (χ4n) is 1.92. The van der Waals surface area contributed by atoms with E-state index in [0.29, 0.717) is 12.3 Å². The first kappa shape index (κ1) is 11.6. The van der Waals surface area contributed by atoms with Gasteiger partial charge in [-0.25, -0.2) is 4.79 Å². The van der Waals surface area contributed by atoms with E-state index in [1.54, 1.807) is 31.2 Å². The van der Waals surface area contributed by atoms with Crippen LogP contribution >= 0.6 is 0 Å². The molecule has 5 nitrogen and oxygen atoms in total. The number of benzene rings is 1. The van der Waals surface area contributed by atoms with Crippen molar-refractivity contribution in [2.24, 2.45) is 0 Å². The summed E-state index contributed by atoms with van der Waals surface area (Å²) in [4.78, 5) is 24.2. The molecule has 0 aliphatic carbocycles. The molecule has 1 aromatic rings. The third-order valence-electron chi connectivity index (χ3n) is 2.68. The van der Waals surface area contributed by atoms with E-state index in [2.05, 4.69) is 0 Å². The number of carboxylic acid groups (broad SMARTS) is 1. The van der Waals surface area contributed by atoms with Crippen molar-refractivity contribution in [1.82, 2.24) is 0 Å². The van der Waals surface area contributed by atoms with Gasteiger partial charge < -0.3 is 9.84 Å². The normalized spacial score (nSPS) is 23.4. The number of ether oxygens (including phenoxy) is 1. The number of anilines is 1. The lowest BCUT2D eigenvalue weighted by Crippen LogP contribution is -2.69. The number of hydrogen-bond donors (Lipinski definition) is 1. The van der Waals surface area contributed by atoms with Crippen LogP contribution in [-0.4, -0.2) is 35.7 Å². The van der Waals surface area contributed by atoms with E-state index in [1.165, 1.54) is 4.90 Å². The second-order valence-electron chi connectivity index (χ2n) is 3.70. The van der Waals surface area contributed by atoms with E-state index >= 15 is 0 Å². The summed E-state index contributed by atoms with van der Waals surface area (Å²) in [7, 11) is 0. The molecule has 1 N–H and O–H groups in total. The average Bonchev–Trinajstić information content (AvgIpc) is 2.33. The Kier molecular flexibility index (Phi) is 3.10. The molecule has 0 aromatic heterocycles. The van der Waals surface area contributed by atoms with Gasteiger partial charge in [0.2, 0.25) is 0 Å². The van der Waals surface area contributed by atoms with E-state index in [-0.39, 0.29) is 5.91 Å². The van der Waals surface area contributed by atoms with E-state index in [9.17, 15) is 9.59 Å². The van der Waals surface area contributed by atoms with Crippen molar-refractivity contribution in [1.29, 1.82) is 0 Å². The molecule has 0 saturated carbocycles. The lowest BCUT2D eigenvalue weighted by molar-refractivity contribution is -0.157. The minimum absolute atomic E-state index is 0.301. The van der Waals surface area contributed by atoms with Crippen LogP contribution in [0.15, 0.2) is 30.3 Å². The third-order valence-corrected chi connectivity index (χ3v) is 2.68. The van der Waals surface area contributed by atoms with E-state index in [4.69, 9.17) is 9.84 Å². The zero-order valence-corrected chi connectivity index (χ0v) is 9.37. The molecule has 17 heavy (non-hydrogen) atoms. The van der Waals surface area contributed by atoms with E-state index in [0.717, 1.165) is 0 Å². The van der Waals surface area contributed by atoms with Crippen molar-refractivity contribution in [3.63, 3.8) is 0 Å². The van der Waals surface area contributed by atoms with Crippen molar-refractivity contribution in [3.05, 3.63) is 30.3 Å². The zero-order chi connectivity index (χ0) is 12.4. The summed E-state index contributed by atoms with van der Waals surface area (Å²) in [5.74, 6) is -1.35. The number of hydrogen-bond acceptors (Lipinski definition) is 3. The molecule has 1 heterocycles. The summed E-state index contributed by atoms with van der Waals surface area (Å²) in [5, 5.41) is 9.11. The van der Waals surface area contributed by atoms with Gasteiger partial charge in [0.25, 0.3) is 5.91 Å². The molecule has 1 fully saturated rings. The topological polar surface area (TPSA) is 66.8 Å². The molecular weight excluding hydrogens is 222 g/mol. The fourth-order valence-corrected chi connectivity index (χ4v) is 1.92. The number of para-hydroxylation sites is 1.